The maximum Gasteiger partial charge on any atom is 1.00 e. The molecule has 148 valence electrons. The summed E-state index contributed by atoms with van der Waals surface area (Å²) < 4.78 is 10.3. The average Bonchev–Trinajstić information content (AvgIpc) is 2.74. The fourth-order valence-electron chi connectivity index (χ4n) is 2.96. The van der Waals surface area contributed by atoms with E-state index < -0.39 is 17.7 Å². The smallest absolute Gasteiger partial charge is 0.871 e. The average molecular weight is 430 g/mol. The van der Waals surface area contributed by atoms with E-state index in [4.69, 9.17) is 9.47 Å². The van der Waals surface area contributed by atoms with Gasteiger partial charge >= 0.3 is 41.5 Å². The summed E-state index contributed by atoms with van der Waals surface area (Å²) in [5.74, 6) is -2.14. The van der Waals surface area contributed by atoms with E-state index in [9.17, 15) is 14.7 Å². The zero-order valence-electron chi connectivity index (χ0n) is 17.2. The molecular weight excluding hydrogens is 410 g/mol. The Hall–Kier alpha value is -2.17. The molecule has 0 aliphatic heterocycles. The Morgan fingerprint density at radius 1 is 0.767 bits per heavy atom. The van der Waals surface area contributed by atoms with E-state index in [1.807, 2.05) is 60.7 Å². The molecule has 0 saturated carbocycles. The second-order valence-electron chi connectivity index (χ2n) is 6.06. The van der Waals surface area contributed by atoms with Crippen molar-refractivity contribution >= 4 is 20.1 Å². The molecule has 0 atom stereocenters. The summed E-state index contributed by atoms with van der Waals surface area (Å²) in [6.45, 7) is 3.59. The number of benzene rings is 2. The van der Waals surface area contributed by atoms with Crippen molar-refractivity contribution in [1.82, 2.24) is 0 Å². The number of ether oxygens (including phenoxy) is 2. The molecule has 0 bridgehead atoms. The Kier molecular flexibility index (Phi) is 9.07. The van der Waals surface area contributed by atoms with Gasteiger partial charge in [-0.25, -0.2) is 9.59 Å². The SMILES string of the molecule is CCOC(=O)c1c(-c2ccccc2)pc(-c2ccccc2)c(C(=O)OCC)c1[O-].[Na+]. The first-order chi connectivity index (χ1) is 14.1. The summed E-state index contributed by atoms with van der Waals surface area (Å²) in [5, 5.41) is 14.4. The molecule has 0 N–H and O–H groups in total. The predicted molar refractivity (Wildman–Crippen MR) is 111 cm³/mol. The van der Waals surface area contributed by atoms with Gasteiger partial charge in [0.05, 0.1) is 24.3 Å². The molecule has 5 nitrogen and oxygen atoms in total. The van der Waals surface area contributed by atoms with Crippen LogP contribution in [0, 0.1) is 0 Å². The summed E-state index contributed by atoms with van der Waals surface area (Å²) >= 11 is 0. The molecule has 0 spiro atoms. The van der Waals surface area contributed by atoms with Gasteiger partial charge in [-0.1, -0.05) is 74.6 Å². The number of rotatable bonds is 6. The first kappa shape index (κ1) is 24.1. The number of carbonyl (C=O) groups excluding carboxylic acids is 2. The molecule has 3 aromatic rings. The normalized spacial score (nSPS) is 10.1. The monoisotopic (exact) mass is 430 g/mol. The molecule has 0 radical (unpaired) electrons. The van der Waals surface area contributed by atoms with Crippen LogP contribution in [-0.2, 0) is 9.47 Å². The molecule has 30 heavy (non-hydrogen) atoms. The maximum absolute atomic E-state index is 13.4. The summed E-state index contributed by atoms with van der Waals surface area (Å²) in [6, 6.07) is 18.3. The zero-order chi connectivity index (χ0) is 20.8. The van der Waals surface area contributed by atoms with E-state index >= 15 is 0 Å². The molecule has 0 saturated heterocycles. The molecule has 0 aliphatic rings. The second-order valence-corrected chi connectivity index (χ2v) is 7.18. The summed E-state index contributed by atoms with van der Waals surface area (Å²) in [4.78, 5) is 25.4. The first-order valence-electron chi connectivity index (χ1n) is 9.28. The maximum atomic E-state index is 13.4. The zero-order valence-corrected chi connectivity index (χ0v) is 20.1. The van der Waals surface area contributed by atoms with Crippen LogP contribution in [0.4, 0.5) is 0 Å². The molecule has 0 aliphatic carbocycles. The van der Waals surface area contributed by atoms with Gasteiger partial charge in [-0.05, 0) is 25.0 Å². The molecule has 2 aromatic carbocycles. The van der Waals surface area contributed by atoms with Crippen molar-refractivity contribution < 1.29 is 53.7 Å². The van der Waals surface area contributed by atoms with E-state index in [1.54, 1.807) is 13.8 Å². The predicted octanol–water partition coefficient (Wildman–Crippen LogP) is 2.03. The van der Waals surface area contributed by atoms with Crippen LogP contribution in [0.3, 0.4) is 0 Å². The van der Waals surface area contributed by atoms with E-state index in [2.05, 4.69) is 0 Å². The molecule has 0 unspecified atom stereocenters. The summed E-state index contributed by atoms with van der Waals surface area (Å²) in [7, 11) is 0.560. The van der Waals surface area contributed by atoms with Crippen molar-refractivity contribution in [2.45, 2.75) is 13.8 Å². The fraction of sp³-hybridized carbons (Fsp3) is 0.174. The molecule has 0 fully saturated rings. The van der Waals surface area contributed by atoms with Crippen LogP contribution in [0.15, 0.2) is 60.7 Å². The molecule has 3 rings (SSSR count). The fourth-order valence-corrected chi connectivity index (χ4v) is 4.35. The topological polar surface area (TPSA) is 75.7 Å². The van der Waals surface area contributed by atoms with Crippen molar-refractivity contribution in [3.8, 4) is 27.5 Å². The minimum Gasteiger partial charge on any atom is -0.871 e. The number of esters is 2. The Labute approximate surface area is 199 Å². The molecule has 1 aromatic heterocycles. The van der Waals surface area contributed by atoms with E-state index in [-0.39, 0.29) is 53.9 Å². The molecule has 1 heterocycles. The molecular formula is C23H20NaO5P. The van der Waals surface area contributed by atoms with Crippen LogP contribution in [0.25, 0.3) is 21.7 Å². The molecule has 0 amide bonds. The summed E-state index contributed by atoms with van der Waals surface area (Å²) in [5.41, 5.74) is 1.20. The first-order valence-corrected chi connectivity index (χ1v) is 10.2. The van der Waals surface area contributed by atoms with Crippen LogP contribution < -0.4 is 34.7 Å². The van der Waals surface area contributed by atoms with Gasteiger partial charge in [-0.2, -0.15) is 0 Å². The van der Waals surface area contributed by atoms with Gasteiger partial charge in [0.25, 0.3) is 0 Å². The van der Waals surface area contributed by atoms with Gasteiger partial charge in [0.1, 0.15) is 0 Å². The third-order valence-corrected chi connectivity index (χ3v) is 5.62. The van der Waals surface area contributed by atoms with Crippen molar-refractivity contribution in [1.29, 1.82) is 0 Å². The van der Waals surface area contributed by atoms with Gasteiger partial charge in [0.15, 0.2) is 0 Å². The number of hydrogen-bond acceptors (Lipinski definition) is 5. The van der Waals surface area contributed by atoms with Gasteiger partial charge in [-0.15, -0.1) is 0 Å². The standard InChI is InChI=1S/C23H21O5P.Na/c1-3-27-22(25)17-19(24)18(23(26)28-4-2)21(16-13-9-6-10-14-16)29-20(17)15-11-7-5-8-12-15;/h5-14,24H,3-4H2,1-2H3;/q;+1/p-1. The van der Waals surface area contributed by atoms with Gasteiger partial charge in [0, 0.05) is 10.6 Å². The van der Waals surface area contributed by atoms with E-state index in [0.29, 0.717) is 18.8 Å². The second kappa shape index (κ2) is 11.3. The van der Waals surface area contributed by atoms with Crippen LogP contribution in [0.1, 0.15) is 34.6 Å². The molecule has 7 heteroatoms. The van der Waals surface area contributed by atoms with Crippen LogP contribution in [0.2, 0.25) is 0 Å². The quantitative estimate of drug-likeness (QED) is 0.442. The van der Waals surface area contributed by atoms with E-state index in [0.717, 1.165) is 11.1 Å². The third-order valence-electron chi connectivity index (χ3n) is 4.20. The Bertz CT molecular complexity index is 943. The van der Waals surface area contributed by atoms with Gasteiger partial charge in [-0.3, -0.25) is 0 Å². The van der Waals surface area contributed by atoms with Crippen LogP contribution in [0.5, 0.6) is 5.75 Å². The van der Waals surface area contributed by atoms with Crippen molar-refractivity contribution in [2.24, 2.45) is 0 Å². The third kappa shape index (κ3) is 5.11. The van der Waals surface area contributed by atoms with Crippen molar-refractivity contribution in [3.05, 3.63) is 71.8 Å². The Balaban J connectivity index is 0.00000320. The Morgan fingerprint density at radius 3 is 1.47 bits per heavy atom. The number of carbonyl (C=O) groups is 2. The minimum absolute atomic E-state index is 0. The van der Waals surface area contributed by atoms with Crippen LogP contribution in [-0.4, -0.2) is 25.2 Å². The van der Waals surface area contributed by atoms with Gasteiger partial charge in [0.2, 0.25) is 0 Å². The summed E-state index contributed by atoms with van der Waals surface area (Å²) in [6.07, 6.45) is 0. The minimum atomic E-state index is -0.738. The van der Waals surface area contributed by atoms with Crippen molar-refractivity contribution in [2.75, 3.05) is 13.2 Å². The largest absolute Gasteiger partial charge is 1.00 e. The van der Waals surface area contributed by atoms with Gasteiger partial charge < -0.3 is 14.6 Å². The number of hydrogen-bond donors (Lipinski definition) is 0. The van der Waals surface area contributed by atoms with Crippen LogP contribution >= 0.6 is 8.19 Å². The van der Waals surface area contributed by atoms with E-state index in [1.165, 1.54) is 0 Å². The Morgan fingerprint density at radius 2 is 1.13 bits per heavy atom. The van der Waals surface area contributed by atoms with Crippen molar-refractivity contribution in [3.63, 3.8) is 0 Å².